The minimum absolute atomic E-state index is 0. The highest BCUT2D eigenvalue weighted by molar-refractivity contribution is 5.97. The van der Waals surface area contributed by atoms with E-state index in [1.807, 2.05) is 18.2 Å². The van der Waals surface area contributed by atoms with E-state index in [1.54, 1.807) is 0 Å². The topological polar surface area (TPSA) is 41.1 Å². The Morgan fingerprint density at radius 3 is 3.06 bits per heavy atom. The molecule has 4 heteroatoms. The molecule has 0 aromatic heterocycles. The van der Waals surface area contributed by atoms with Gasteiger partial charge in [-0.05, 0) is 37.0 Å². The zero-order valence-electron chi connectivity index (χ0n) is 10.1. The number of benzene rings is 1. The molecule has 0 aliphatic carbocycles. The first kappa shape index (κ1) is 13.8. The fourth-order valence-electron chi connectivity index (χ4n) is 2.06. The minimum atomic E-state index is 0. The molecule has 0 saturated heterocycles. The third kappa shape index (κ3) is 3.13. The van der Waals surface area contributed by atoms with Crippen molar-refractivity contribution in [2.24, 2.45) is 0 Å². The Bertz CT molecular complexity index is 393. The quantitative estimate of drug-likeness (QED) is 0.871. The normalized spacial score (nSPS) is 13.0. The van der Waals surface area contributed by atoms with Crippen LogP contribution < -0.4 is 10.6 Å². The zero-order chi connectivity index (χ0) is 11.4. The van der Waals surface area contributed by atoms with Crippen LogP contribution in [0.15, 0.2) is 18.2 Å². The third-order valence-corrected chi connectivity index (χ3v) is 2.88. The summed E-state index contributed by atoms with van der Waals surface area (Å²) in [6.45, 7) is 3.81. The average molecular weight is 255 g/mol. The molecule has 0 bridgehead atoms. The summed E-state index contributed by atoms with van der Waals surface area (Å²) >= 11 is 0. The summed E-state index contributed by atoms with van der Waals surface area (Å²) in [6.07, 6.45) is 3.07. The van der Waals surface area contributed by atoms with Crippen molar-refractivity contribution in [3.8, 4) is 0 Å². The monoisotopic (exact) mass is 254 g/mol. The highest BCUT2D eigenvalue weighted by Gasteiger charge is 2.16. The number of nitrogens with one attached hydrogen (secondary N) is 2. The standard InChI is InChI=1S/C13H18N2O.ClH/c1-2-8-15-13(16)11-5-3-7-12-10(11)6-4-9-14-12;/h3,5,7,14H,2,4,6,8-9H2,1H3,(H,15,16);1H. The second-order valence-electron chi connectivity index (χ2n) is 4.12. The van der Waals surface area contributed by atoms with Gasteiger partial charge in [-0.3, -0.25) is 4.79 Å². The third-order valence-electron chi connectivity index (χ3n) is 2.88. The Morgan fingerprint density at radius 2 is 2.29 bits per heavy atom. The summed E-state index contributed by atoms with van der Waals surface area (Å²) in [5.41, 5.74) is 3.12. The molecular formula is C13H19ClN2O. The van der Waals surface area contributed by atoms with Crippen molar-refractivity contribution in [1.82, 2.24) is 5.32 Å². The van der Waals surface area contributed by atoms with Gasteiger partial charge in [-0.1, -0.05) is 13.0 Å². The maximum atomic E-state index is 11.9. The Labute approximate surface area is 108 Å². The van der Waals surface area contributed by atoms with Crippen LogP contribution in [0.2, 0.25) is 0 Å². The Balaban J connectivity index is 0.00000144. The maximum absolute atomic E-state index is 11.9. The van der Waals surface area contributed by atoms with Gasteiger partial charge in [0.25, 0.3) is 5.91 Å². The van der Waals surface area contributed by atoms with E-state index in [4.69, 9.17) is 0 Å². The van der Waals surface area contributed by atoms with Crippen molar-refractivity contribution in [2.75, 3.05) is 18.4 Å². The van der Waals surface area contributed by atoms with Crippen LogP contribution in [0, 0.1) is 0 Å². The first-order valence-electron chi connectivity index (χ1n) is 5.97. The van der Waals surface area contributed by atoms with Gasteiger partial charge >= 0.3 is 0 Å². The molecule has 17 heavy (non-hydrogen) atoms. The molecule has 0 saturated carbocycles. The van der Waals surface area contributed by atoms with E-state index in [9.17, 15) is 4.79 Å². The average Bonchev–Trinajstić information content (AvgIpc) is 2.35. The highest BCUT2D eigenvalue weighted by Crippen LogP contribution is 2.25. The van der Waals surface area contributed by atoms with E-state index in [2.05, 4.69) is 17.6 Å². The fourth-order valence-corrected chi connectivity index (χ4v) is 2.06. The van der Waals surface area contributed by atoms with Crippen LogP contribution in [0.25, 0.3) is 0 Å². The number of carbonyl (C=O) groups is 1. The number of hydrogen-bond acceptors (Lipinski definition) is 2. The molecule has 1 aliphatic rings. The molecule has 0 spiro atoms. The predicted molar refractivity (Wildman–Crippen MR) is 73.1 cm³/mol. The van der Waals surface area contributed by atoms with Gasteiger partial charge in [-0.15, -0.1) is 12.4 Å². The van der Waals surface area contributed by atoms with Crippen molar-refractivity contribution in [1.29, 1.82) is 0 Å². The molecule has 1 aromatic carbocycles. The van der Waals surface area contributed by atoms with Crippen LogP contribution in [-0.2, 0) is 6.42 Å². The number of rotatable bonds is 3. The number of halogens is 1. The molecule has 2 rings (SSSR count). The Kier molecular flexibility index (Phi) is 5.29. The molecule has 1 aromatic rings. The summed E-state index contributed by atoms with van der Waals surface area (Å²) in [6, 6.07) is 5.90. The second kappa shape index (κ2) is 6.50. The summed E-state index contributed by atoms with van der Waals surface area (Å²) in [4.78, 5) is 11.9. The molecule has 0 unspecified atom stereocenters. The van der Waals surface area contributed by atoms with E-state index in [-0.39, 0.29) is 18.3 Å². The lowest BCUT2D eigenvalue weighted by Crippen LogP contribution is -2.26. The molecule has 3 nitrogen and oxygen atoms in total. The van der Waals surface area contributed by atoms with Gasteiger partial charge in [0, 0.05) is 24.3 Å². The molecule has 94 valence electrons. The molecule has 1 amide bonds. The Hall–Kier alpha value is -1.22. The number of fused-ring (bicyclic) bond motifs is 1. The van der Waals surface area contributed by atoms with Crippen LogP contribution in [-0.4, -0.2) is 19.0 Å². The van der Waals surface area contributed by atoms with Crippen molar-refractivity contribution >= 4 is 24.0 Å². The lowest BCUT2D eigenvalue weighted by molar-refractivity contribution is 0.0952. The SMILES string of the molecule is CCCNC(=O)c1cccc2c1CCCN2.Cl. The van der Waals surface area contributed by atoms with Gasteiger partial charge in [0.1, 0.15) is 0 Å². The summed E-state index contributed by atoms with van der Waals surface area (Å²) < 4.78 is 0. The molecule has 1 heterocycles. The lowest BCUT2D eigenvalue weighted by Gasteiger charge is -2.20. The van der Waals surface area contributed by atoms with Crippen molar-refractivity contribution < 1.29 is 4.79 Å². The summed E-state index contributed by atoms with van der Waals surface area (Å²) in [5, 5.41) is 6.27. The van der Waals surface area contributed by atoms with Gasteiger partial charge in [0.15, 0.2) is 0 Å². The van der Waals surface area contributed by atoms with Crippen molar-refractivity contribution in [3.05, 3.63) is 29.3 Å². The molecular weight excluding hydrogens is 236 g/mol. The molecule has 1 aliphatic heterocycles. The van der Waals surface area contributed by atoms with Crippen LogP contribution in [0.4, 0.5) is 5.69 Å². The summed E-state index contributed by atoms with van der Waals surface area (Å²) in [7, 11) is 0. The van der Waals surface area contributed by atoms with Gasteiger partial charge in [-0.2, -0.15) is 0 Å². The molecule has 0 radical (unpaired) electrons. The van der Waals surface area contributed by atoms with Gasteiger partial charge in [0.05, 0.1) is 0 Å². The summed E-state index contributed by atoms with van der Waals surface area (Å²) in [5.74, 6) is 0.0578. The zero-order valence-corrected chi connectivity index (χ0v) is 10.9. The van der Waals surface area contributed by atoms with Crippen LogP contribution in [0.1, 0.15) is 35.7 Å². The molecule has 0 atom stereocenters. The smallest absolute Gasteiger partial charge is 0.251 e. The minimum Gasteiger partial charge on any atom is -0.385 e. The first-order valence-corrected chi connectivity index (χ1v) is 5.97. The maximum Gasteiger partial charge on any atom is 0.251 e. The first-order chi connectivity index (χ1) is 7.83. The Morgan fingerprint density at radius 1 is 1.47 bits per heavy atom. The fraction of sp³-hybridized carbons (Fsp3) is 0.462. The predicted octanol–water partition coefficient (Wildman–Crippen LogP) is 2.61. The number of anilines is 1. The van der Waals surface area contributed by atoms with Gasteiger partial charge in [0.2, 0.25) is 0 Å². The van der Waals surface area contributed by atoms with Crippen molar-refractivity contribution in [3.63, 3.8) is 0 Å². The van der Waals surface area contributed by atoms with E-state index in [1.165, 1.54) is 5.56 Å². The van der Waals surface area contributed by atoms with E-state index in [0.29, 0.717) is 0 Å². The van der Waals surface area contributed by atoms with Crippen LogP contribution in [0.5, 0.6) is 0 Å². The number of hydrogen-bond donors (Lipinski definition) is 2. The van der Waals surface area contributed by atoms with Crippen LogP contribution in [0.3, 0.4) is 0 Å². The van der Waals surface area contributed by atoms with E-state index >= 15 is 0 Å². The second-order valence-corrected chi connectivity index (χ2v) is 4.12. The van der Waals surface area contributed by atoms with E-state index in [0.717, 1.165) is 43.6 Å². The van der Waals surface area contributed by atoms with Gasteiger partial charge in [-0.25, -0.2) is 0 Å². The van der Waals surface area contributed by atoms with Crippen LogP contribution >= 0.6 is 12.4 Å². The largest absolute Gasteiger partial charge is 0.385 e. The van der Waals surface area contributed by atoms with Gasteiger partial charge < -0.3 is 10.6 Å². The molecule has 2 N–H and O–H groups in total. The highest BCUT2D eigenvalue weighted by atomic mass is 35.5. The van der Waals surface area contributed by atoms with Crippen molar-refractivity contribution in [2.45, 2.75) is 26.2 Å². The lowest BCUT2D eigenvalue weighted by atomic mass is 9.97. The van der Waals surface area contributed by atoms with E-state index < -0.39 is 0 Å². The number of carbonyl (C=O) groups excluding carboxylic acids is 1. The number of amides is 1. The molecule has 0 fully saturated rings.